The molecule has 2 fully saturated rings. The minimum absolute atomic E-state index is 0.0402. The Hall–Kier alpha value is -1.89. The van der Waals surface area contributed by atoms with Gasteiger partial charge in [-0.25, -0.2) is 0 Å². The number of β-amino-alcohol motifs (C(OH)–C–C–N with tert-alkyl or cyclic N) is 1. The molecule has 0 bridgehead atoms. The van der Waals surface area contributed by atoms with Crippen LogP contribution in [0.3, 0.4) is 0 Å². The van der Waals surface area contributed by atoms with Crippen LogP contribution in [0.2, 0.25) is 0 Å². The number of hydrogen-bond donors (Lipinski definition) is 1. The van der Waals surface area contributed by atoms with E-state index in [0.717, 1.165) is 49.1 Å². The number of piperidine rings is 1. The molecule has 3 rings (SSSR count). The molecule has 1 saturated heterocycles. The summed E-state index contributed by atoms with van der Waals surface area (Å²) in [6.45, 7) is -0.310. The zero-order valence-electron chi connectivity index (χ0n) is 14.4. The van der Waals surface area contributed by atoms with Crippen molar-refractivity contribution in [3.05, 3.63) is 35.4 Å². The van der Waals surface area contributed by atoms with Crippen molar-refractivity contribution >= 4 is 11.8 Å². The summed E-state index contributed by atoms with van der Waals surface area (Å²) < 4.78 is 38.4. The molecule has 1 atom stereocenters. The molecule has 0 aromatic heterocycles. The predicted molar refractivity (Wildman–Crippen MR) is 87.9 cm³/mol. The second-order valence-electron chi connectivity index (χ2n) is 7.45. The average Bonchev–Trinajstić information content (AvgIpc) is 2.58. The SMILES string of the molecule is O=C1CC2(CCCCC2)CC(=O)N1C[C@@H](O)c1cccc(C(F)(F)F)c1. The molecule has 1 aromatic rings. The van der Waals surface area contributed by atoms with Crippen molar-refractivity contribution in [1.82, 2.24) is 4.90 Å². The van der Waals surface area contributed by atoms with Gasteiger partial charge < -0.3 is 5.11 Å². The molecule has 1 aliphatic heterocycles. The molecule has 1 aromatic carbocycles. The summed E-state index contributed by atoms with van der Waals surface area (Å²) in [6.07, 6.45) is -0.473. The lowest BCUT2D eigenvalue weighted by Crippen LogP contribution is -2.49. The summed E-state index contributed by atoms with van der Waals surface area (Å²) in [5.41, 5.74) is -1.09. The van der Waals surface area contributed by atoms with E-state index in [1.54, 1.807) is 0 Å². The third-order valence-electron chi connectivity index (χ3n) is 5.52. The first-order chi connectivity index (χ1) is 12.2. The number of rotatable bonds is 3. The van der Waals surface area contributed by atoms with Gasteiger partial charge in [-0.3, -0.25) is 14.5 Å². The monoisotopic (exact) mass is 369 g/mol. The Labute approximate surface area is 150 Å². The zero-order valence-corrected chi connectivity index (χ0v) is 14.4. The van der Waals surface area contributed by atoms with Gasteiger partial charge in [-0.1, -0.05) is 31.4 Å². The third kappa shape index (κ3) is 3.92. The minimum Gasteiger partial charge on any atom is -0.387 e. The lowest BCUT2D eigenvalue weighted by atomic mass is 9.67. The standard InChI is InChI=1S/C19H22F3NO3/c20-19(21,22)14-6-4-5-13(9-14)15(24)12-23-16(25)10-18(11-17(23)26)7-2-1-3-8-18/h4-6,9,15,24H,1-3,7-8,10-12H2/t15-/m1/s1. The number of amides is 2. The highest BCUT2D eigenvalue weighted by Crippen LogP contribution is 2.45. The van der Waals surface area contributed by atoms with Crippen LogP contribution in [0.25, 0.3) is 0 Å². The Balaban J connectivity index is 1.71. The first-order valence-electron chi connectivity index (χ1n) is 8.89. The van der Waals surface area contributed by atoms with Crippen LogP contribution in [0.5, 0.6) is 0 Å². The molecule has 1 N–H and O–H groups in total. The minimum atomic E-state index is -4.51. The van der Waals surface area contributed by atoms with Crippen LogP contribution >= 0.6 is 0 Å². The third-order valence-corrected chi connectivity index (χ3v) is 5.52. The Morgan fingerprint density at radius 1 is 1.08 bits per heavy atom. The lowest BCUT2D eigenvalue weighted by molar-refractivity contribution is -0.156. The molecule has 1 spiro atoms. The van der Waals surface area contributed by atoms with E-state index in [1.165, 1.54) is 12.1 Å². The van der Waals surface area contributed by atoms with Gasteiger partial charge >= 0.3 is 6.18 Å². The Morgan fingerprint density at radius 3 is 2.27 bits per heavy atom. The van der Waals surface area contributed by atoms with Gasteiger partial charge in [0.2, 0.25) is 11.8 Å². The number of aliphatic hydroxyl groups excluding tert-OH is 1. The Morgan fingerprint density at radius 2 is 1.69 bits per heavy atom. The number of benzene rings is 1. The van der Waals surface area contributed by atoms with Gasteiger partial charge in [-0.05, 0) is 36.0 Å². The number of carbonyl (C=O) groups excluding carboxylic acids is 2. The molecular formula is C19H22F3NO3. The van der Waals surface area contributed by atoms with E-state index in [0.29, 0.717) is 0 Å². The number of likely N-dealkylation sites (tertiary alicyclic amines) is 1. The topological polar surface area (TPSA) is 57.6 Å². The van der Waals surface area contributed by atoms with Crippen LogP contribution in [0.4, 0.5) is 13.2 Å². The highest BCUT2D eigenvalue weighted by Gasteiger charge is 2.44. The van der Waals surface area contributed by atoms with E-state index in [9.17, 15) is 27.9 Å². The first kappa shape index (κ1) is 18.9. The summed E-state index contributed by atoms with van der Waals surface area (Å²) >= 11 is 0. The van der Waals surface area contributed by atoms with Gasteiger partial charge in [0.1, 0.15) is 0 Å². The summed E-state index contributed by atoms with van der Waals surface area (Å²) in [6, 6.07) is 4.34. The van der Waals surface area contributed by atoms with E-state index in [-0.39, 0.29) is 42.2 Å². The van der Waals surface area contributed by atoms with E-state index in [2.05, 4.69) is 0 Å². The van der Waals surface area contributed by atoms with E-state index in [4.69, 9.17) is 0 Å². The molecule has 0 unspecified atom stereocenters. The van der Waals surface area contributed by atoms with Crippen molar-refractivity contribution < 1.29 is 27.9 Å². The molecule has 26 heavy (non-hydrogen) atoms. The van der Waals surface area contributed by atoms with Crippen molar-refractivity contribution in [3.63, 3.8) is 0 Å². The average molecular weight is 369 g/mol. The van der Waals surface area contributed by atoms with Crippen LogP contribution in [0.15, 0.2) is 24.3 Å². The van der Waals surface area contributed by atoms with Gasteiger partial charge in [0.25, 0.3) is 0 Å². The van der Waals surface area contributed by atoms with E-state index >= 15 is 0 Å². The van der Waals surface area contributed by atoms with Gasteiger partial charge in [0.05, 0.1) is 18.2 Å². The van der Waals surface area contributed by atoms with E-state index in [1.807, 2.05) is 0 Å². The van der Waals surface area contributed by atoms with E-state index < -0.39 is 17.8 Å². The van der Waals surface area contributed by atoms with Gasteiger partial charge in [0.15, 0.2) is 0 Å². The predicted octanol–water partition coefficient (Wildman–Crippen LogP) is 3.84. The molecule has 4 nitrogen and oxygen atoms in total. The molecule has 1 heterocycles. The number of carbonyl (C=O) groups is 2. The quantitative estimate of drug-likeness (QED) is 0.824. The van der Waals surface area contributed by atoms with Crippen LogP contribution in [0.1, 0.15) is 62.2 Å². The van der Waals surface area contributed by atoms with Gasteiger partial charge in [0, 0.05) is 12.8 Å². The second-order valence-corrected chi connectivity index (χ2v) is 7.45. The fourth-order valence-corrected chi connectivity index (χ4v) is 4.09. The summed E-state index contributed by atoms with van der Waals surface area (Å²) in [7, 11) is 0. The van der Waals surface area contributed by atoms with Crippen LogP contribution in [-0.4, -0.2) is 28.4 Å². The zero-order chi connectivity index (χ0) is 18.9. The highest BCUT2D eigenvalue weighted by atomic mass is 19.4. The largest absolute Gasteiger partial charge is 0.416 e. The van der Waals surface area contributed by atoms with Crippen molar-refractivity contribution in [1.29, 1.82) is 0 Å². The maximum absolute atomic E-state index is 12.8. The number of halogens is 3. The normalized spacial score (nSPS) is 21.9. The molecule has 2 amide bonds. The first-order valence-corrected chi connectivity index (χ1v) is 8.89. The molecule has 1 aliphatic carbocycles. The Bertz CT molecular complexity index is 676. The highest BCUT2D eigenvalue weighted by molar-refractivity contribution is 5.98. The number of hydrogen-bond acceptors (Lipinski definition) is 3. The van der Waals surface area contributed by atoms with Crippen LogP contribution in [0, 0.1) is 5.41 Å². The number of imide groups is 1. The summed E-state index contributed by atoms with van der Waals surface area (Å²) in [4.78, 5) is 26.0. The number of nitrogens with zero attached hydrogens (tertiary/aromatic N) is 1. The molecule has 142 valence electrons. The van der Waals surface area contributed by atoms with Crippen molar-refractivity contribution in [2.24, 2.45) is 5.41 Å². The maximum atomic E-state index is 12.8. The second kappa shape index (κ2) is 7.02. The van der Waals surface area contributed by atoms with Crippen LogP contribution in [-0.2, 0) is 15.8 Å². The molecule has 1 saturated carbocycles. The fourth-order valence-electron chi connectivity index (χ4n) is 4.09. The molecule has 7 heteroatoms. The Kier molecular flexibility index (Phi) is 5.10. The smallest absolute Gasteiger partial charge is 0.387 e. The number of aliphatic hydroxyl groups is 1. The van der Waals surface area contributed by atoms with Crippen molar-refractivity contribution in [2.75, 3.05) is 6.54 Å². The molecule has 2 aliphatic rings. The summed E-state index contributed by atoms with van der Waals surface area (Å²) in [5.74, 6) is -0.677. The van der Waals surface area contributed by atoms with Crippen molar-refractivity contribution in [3.8, 4) is 0 Å². The molecular weight excluding hydrogens is 347 g/mol. The van der Waals surface area contributed by atoms with Crippen molar-refractivity contribution in [2.45, 2.75) is 57.2 Å². The fraction of sp³-hybridized carbons (Fsp3) is 0.579. The van der Waals surface area contributed by atoms with Gasteiger partial charge in [-0.15, -0.1) is 0 Å². The number of alkyl halides is 3. The van der Waals surface area contributed by atoms with Gasteiger partial charge in [-0.2, -0.15) is 13.2 Å². The molecule has 0 radical (unpaired) electrons. The summed E-state index contributed by atoms with van der Waals surface area (Å²) in [5, 5.41) is 10.3. The lowest BCUT2D eigenvalue weighted by Gasteiger charge is -2.42. The maximum Gasteiger partial charge on any atom is 0.416 e. The van der Waals surface area contributed by atoms with Crippen LogP contribution < -0.4 is 0 Å².